The molecule has 5 aromatic rings. The number of nitrogens with zero attached hydrogens (tertiary/aromatic N) is 4. The average molecular weight is 659 g/mol. The molecule has 0 unspecified atom stereocenters. The number of aryl methyl sites for hydroxylation is 2. The first-order valence-electron chi connectivity index (χ1n) is 14.2. The lowest BCUT2D eigenvalue weighted by molar-refractivity contribution is 0.453. The van der Waals surface area contributed by atoms with Gasteiger partial charge in [-0.2, -0.15) is 0 Å². The van der Waals surface area contributed by atoms with E-state index in [2.05, 4.69) is 20.4 Å². The summed E-state index contributed by atoms with van der Waals surface area (Å²) >= 11 is 1.49. The Hall–Kier alpha value is -3.26. The summed E-state index contributed by atoms with van der Waals surface area (Å²) < 4.78 is 124. The minimum atomic E-state index is -2.16. The van der Waals surface area contributed by atoms with Crippen molar-refractivity contribution in [1.29, 1.82) is 0 Å². The zero-order valence-corrected chi connectivity index (χ0v) is 25.3. The minimum Gasteiger partial charge on any atom is -0.205 e. The van der Waals surface area contributed by atoms with E-state index >= 15 is 35.1 Å². The highest BCUT2D eigenvalue weighted by Gasteiger charge is 2.35. The molecule has 3 aromatic carbocycles. The number of hydrogen-bond donors (Lipinski definition) is 0. The zero-order valence-electron chi connectivity index (χ0n) is 23.7. The molecule has 0 fully saturated rings. The van der Waals surface area contributed by atoms with Crippen LogP contribution in [0.3, 0.4) is 0 Å². The van der Waals surface area contributed by atoms with Gasteiger partial charge >= 0.3 is 0 Å². The van der Waals surface area contributed by atoms with E-state index in [-0.39, 0.29) is 0 Å². The number of unbranched alkanes of at least 4 members (excludes halogenated alkanes) is 6. The molecule has 44 heavy (non-hydrogen) atoms. The molecule has 2 heterocycles. The molecule has 5 rings (SSSR count). The second-order valence-electron chi connectivity index (χ2n) is 10.4. The van der Waals surface area contributed by atoms with E-state index in [9.17, 15) is 0 Å². The maximum Gasteiger partial charge on any atom is 0.195 e. The standard InChI is InChI=1S/C30H26F8N4S2/c1-3-5-7-9-11-13-39-41-29(43-13)19-17-15(23(33)28(38)26(19)36)16-18(24(34)22(17)32)25(35)27(37)20(21(16)31)30-42-40-14(44-30)12-10-8-6-4-2/h3-12H2,1-2H3. The lowest BCUT2D eigenvalue weighted by Gasteiger charge is -2.16. The van der Waals surface area contributed by atoms with E-state index in [1.807, 2.05) is 13.8 Å². The highest BCUT2D eigenvalue weighted by atomic mass is 32.1. The van der Waals surface area contributed by atoms with Gasteiger partial charge in [0.2, 0.25) is 0 Å². The fourth-order valence-electron chi connectivity index (χ4n) is 5.14. The van der Waals surface area contributed by atoms with Crippen molar-refractivity contribution in [2.75, 3.05) is 0 Å². The summed E-state index contributed by atoms with van der Waals surface area (Å²) in [5.41, 5.74) is -2.12. The summed E-state index contributed by atoms with van der Waals surface area (Å²) in [7, 11) is 0. The molecular weight excluding hydrogens is 632 g/mol. The number of aromatic nitrogens is 4. The van der Waals surface area contributed by atoms with E-state index in [1.54, 1.807) is 0 Å². The molecule has 0 radical (unpaired) electrons. The van der Waals surface area contributed by atoms with Gasteiger partial charge in [0.25, 0.3) is 0 Å². The summed E-state index contributed by atoms with van der Waals surface area (Å²) in [6.45, 7) is 4.04. The third-order valence-electron chi connectivity index (χ3n) is 7.38. The molecule has 4 nitrogen and oxygen atoms in total. The van der Waals surface area contributed by atoms with Crippen LogP contribution in [0.25, 0.3) is 42.7 Å². The smallest absolute Gasteiger partial charge is 0.195 e. The maximum atomic E-state index is 16.2. The van der Waals surface area contributed by atoms with Crippen molar-refractivity contribution < 1.29 is 35.1 Å². The van der Waals surface area contributed by atoms with Crippen molar-refractivity contribution in [2.24, 2.45) is 0 Å². The second kappa shape index (κ2) is 13.4. The van der Waals surface area contributed by atoms with E-state index in [0.29, 0.717) is 35.7 Å². The summed E-state index contributed by atoms with van der Waals surface area (Å²) in [4.78, 5) is 0. The molecule has 0 bridgehead atoms. The third-order valence-corrected chi connectivity index (χ3v) is 9.38. The molecule has 0 aliphatic heterocycles. The van der Waals surface area contributed by atoms with Gasteiger partial charge in [0.15, 0.2) is 50.7 Å². The molecule has 14 heteroatoms. The van der Waals surface area contributed by atoms with E-state index < -0.39 is 89.2 Å². The van der Waals surface area contributed by atoms with Crippen LogP contribution in [0.15, 0.2) is 0 Å². The van der Waals surface area contributed by atoms with Gasteiger partial charge in [-0.25, -0.2) is 35.1 Å². The van der Waals surface area contributed by atoms with Crippen LogP contribution in [-0.2, 0) is 12.8 Å². The number of fused-ring (bicyclic) bond motifs is 3. The van der Waals surface area contributed by atoms with Crippen molar-refractivity contribution >= 4 is 44.2 Å². The van der Waals surface area contributed by atoms with Crippen molar-refractivity contribution in [3.8, 4) is 21.1 Å². The first-order chi connectivity index (χ1) is 21.1. The molecule has 0 aliphatic carbocycles. The summed E-state index contributed by atoms with van der Waals surface area (Å²) in [6.07, 6.45) is 7.82. The first-order valence-corrected chi connectivity index (χ1v) is 15.9. The highest BCUT2D eigenvalue weighted by Crippen LogP contribution is 2.46. The lowest BCUT2D eigenvalue weighted by atomic mass is 9.93. The van der Waals surface area contributed by atoms with Crippen LogP contribution in [0, 0.1) is 46.5 Å². The van der Waals surface area contributed by atoms with E-state index in [1.165, 1.54) is 0 Å². The second-order valence-corrected chi connectivity index (χ2v) is 12.5. The Morgan fingerprint density at radius 2 is 0.841 bits per heavy atom. The summed E-state index contributed by atoms with van der Waals surface area (Å²) in [6, 6.07) is 0. The van der Waals surface area contributed by atoms with Crippen LogP contribution >= 0.6 is 22.7 Å². The fourth-order valence-corrected chi connectivity index (χ4v) is 6.98. The summed E-state index contributed by atoms with van der Waals surface area (Å²) in [5.74, 6) is -16.0. The minimum absolute atomic E-state index is 0.374. The number of benzene rings is 3. The van der Waals surface area contributed by atoms with Gasteiger partial charge in [-0.05, 0) is 12.8 Å². The Labute approximate surface area is 255 Å². The van der Waals surface area contributed by atoms with Gasteiger partial charge in [-0.1, -0.05) is 75.0 Å². The van der Waals surface area contributed by atoms with Gasteiger partial charge in [-0.15, -0.1) is 20.4 Å². The topological polar surface area (TPSA) is 51.6 Å². The Kier molecular flexibility index (Phi) is 9.78. The molecule has 0 N–H and O–H groups in total. The summed E-state index contributed by atoms with van der Waals surface area (Å²) in [5, 5.41) is 9.78. The molecule has 0 spiro atoms. The molecule has 0 atom stereocenters. The monoisotopic (exact) mass is 658 g/mol. The predicted octanol–water partition coefficient (Wildman–Crippen LogP) is 10.4. The first kappa shape index (κ1) is 32.1. The Morgan fingerprint density at radius 1 is 0.409 bits per heavy atom. The maximum absolute atomic E-state index is 16.2. The van der Waals surface area contributed by atoms with Gasteiger partial charge in [0.1, 0.15) is 15.8 Å². The van der Waals surface area contributed by atoms with E-state index in [4.69, 9.17) is 0 Å². The Morgan fingerprint density at radius 3 is 1.39 bits per heavy atom. The average Bonchev–Trinajstić information content (AvgIpc) is 3.67. The van der Waals surface area contributed by atoms with Crippen LogP contribution in [0.5, 0.6) is 0 Å². The van der Waals surface area contributed by atoms with Gasteiger partial charge in [0.05, 0.1) is 16.5 Å². The molecule has 0 aliphatic rings. The van der Waals surface area contributed by atoms with Crippen LogP contribution in [0.4, 0.5) is 35.1 Å². The van der Waals surface area contributed by atoms with Crippen LogP contribution in [0.2, 0.25) is 0 Å². The van der Waals surface area contributed by atoms with Gasteiger partial charge in [0, 0.05) is 29.0 Å². The van der Waals surface area contributed by atoms with Crippen LogP contribution in [-0.4, -0.2) is 20.4 Å². The molecule has 2 aromatic heterocycles. The molecular formula is C30H26F8N4S2. The van der Waals surface area contributed by atoms with Gasteiger partial charge in [-0.3, -0.25) is 0 Å². The predicted molar refractivity (Wildman–Crippen MR) is 155 cm³/mol. The highest BCUT2D eigenvalue weighted by molar-refractivity contribution is 7.15. The normalized spacial score (nSPS) is 11.9. The van der Waals surface area contributed by atoms with Crippen LogP contribution < -0.4 is 0 Å². The Balaban J connectivity index is 1.75. The molecule has 0 saturated carbocycles. The van der Waals surface area contributed by atoms with Crippen molar-refractivity contribution in [2.45, 2.75) is 78.1 Å². The third kappa shape index (κ3) is 5.66. The molecule has 234 valence electrons. The van der Waals surface area contributed by atoms with Crippen molar-refractivity contribution in [1.82, 2.24) is 20.4 Å². The Bertz CT molecular complexity index is 1850. The largest absolute Gasteiger partial charge is 0.205 e. The number of rotatable bonds is 12. The molecule has 0 saturated heterocycles. The molecule has 0 amide bonds. The zero-order chi connectivity index (χ0) is 31.7. The van der Waals surface area contributed by atoms with Crippen molar-refractivity contribution in [3.05, 3.63) is 56.6 Å². The van der Waals surface area contributed by atoms with Crippen LogP contribution in [0.1, 0.15) is 75.2 Å². The lowest BCUT2D eigenvalue weighted by Crippen LogP contribution is -2.06. The fraction of sp³-hybridized carbons (Fsp3) is 0.400. The quantitative estimate of drug-likeness (QED) is 0.0440. The SMILES string of the molecule is CCCCCCc1nnc(-c2c(F)c(F)c3c(F)c(F)c4c(-c5nnc(CCCCCC)s5)c(F)c(F)c(F)c4c3c2F)s1. The number of hydrogen-bond acceptors (Lipinski definition) is 6. The van der Waals surface area contributed by atoms with E-state index in [0.717, 1.165) is 61.2 Å². The van der Waals surface area contributed by atoms with Gasteiger partial charge < -0.3 is 0 Å². The number of halogens is 8. The van der Waals surface area contributed by atoms with Crippen molar-refractivity contribution in [3.63, 3.8) is 0 Å².